The van der Waals surface area contributed by atoms with Gasteiger partial charge in [-0.1, -0.05) is 18.2 Å². The Balaban J connectivity index is 1.45. The number of esters is 1. The summed E-state index contributed by atoms with van der Waals surface area (Å²) < 4.78 is 12.8. The number of ether oxygens (including phenoxy) is 1. The van der Waals surface area contributed by atoms with Crippen molar-refractivity contribution >= 4 is 5.97 Å². The van der Waals surface area contributed by atoms with Gasteiger partial charge in [-0.15, -0.1) is 0 Å². The summed E-state index contributed by atoms with van der Waals surface area (Å²) in [5.74, 6) is -1.12. The maximum absolute atomic E-state index is 12.7. The van der Waals surface area contributed by atoms with Crippen LogP contribution in [0.2, 0.25) is 0 Å². The van der Waals surface area contributed by atoms with Gasteiger partial charge < -0.3 is 23.9 Å². The lowest BCUT2D eigenvalue weighted by molar-refractivity contribution is -0.140. The van der Waals surface area contributed by atoms with E-state index in [0.717, 1.165) is 18.7 Å². The number of benzene rings is 1. The Bertz CT molecular complexity index is 1410. The molecule has 1 aromatic carbocycles. The summed E-state index contributed by atoms with van der Waals surface area (Å²) in [5, 5.41) is 20.6. The van der Waals surface area contributed by atoms with E-state index in [1.165, 1.54) is 25.3 Å². The van der Waals surface area contributed by atoms with Crippen LogP contribution in [0.5, 0.6) is 11.5 Å². The minimum absolute atomic E-state index is 0.0143. The third-order valence-corrected chi connectivity index (χ3v) is 7.12. The molecule has 3 atom stereocenters. The number of phenols is 1. The number of likely N-dealkylation sites (tertiary alicyclic amines) is 1. The number of nitrogens with zero attached hydrogens (tertiary/aromatic N) is 2. The van der Waals surface area contributed by atoms with E-state index in [0.29, 0.717) is 36.9 Å². The Kier molecular flexibility index (Phi) is 6.40. The molecule has 2 aliphatic rings. The SMILES string of the molecule is COC(=O)C[C@H](c1cccc(O)c1)c1oc(CN2C[C@H]3C[C@@H](C2)c2cccc(=O)n2C3)cc(=O)c1O. The molecule has 4 heterocycles. The molecule has 2 N–H and O–H groups in total. The van der Waals surface area contributed by atoms with E-state index in [4.69, 9.17) is 9.15 Å². The number of pyridine rings is 1. The Morgan fingerprint density at radius 2 is 1.92 bits per heavy atom. The second-order valence-corrected chi connectivity index (χ2v) is 9.61. The molecule has 9 nitrogen and oxygen atoms in total. The number of methoxy groups -OCH3 is 1. The first kappa shape index (κ1) is 23.9. The zero-order chi connectivity index (χ0) is 25.4. The predicted octanol–water partition coefficient (Wildman–Crippen LogP) is 2.53. The topological polar surface area (TPSA) is 122 Å². The third-order valence-electron chi connectivity index (χ3n) is 7.12. The fourth-order valence-corrected chi connectivity index (χ4v) is 5.57. The number of rotatable bonds is 6. The number of carbonyl (C=O) groups excluding carboxylic acids is 1. The first-order chi connectivity index (χ1) is 17.3. The summed E-state index contributed by atoms with van der Waals surface area (Å²) in [6.45, 7) is 2.45. The van der Waals surface area contributed by atoms with Crippen LogP contribution in [0.3, 0.4) is 0 Å². The van der Waals surface area contributed by atoms with Gasteiger partial charge in [0, 0.05) is 43.4 Å². The highest BCUT2D eigenvalue weighted by atomic mass is 16.5. The molecule has 36 heavy (non-hydrogen) atoms. The maximum Gasteiger partial charge on any atom is 0.306 e. The summed E-state index contributed by atoms with van der Waals surface area (Å²) in [6.07, 6.45) is 0.822. The monoisotopic (exact) mass is 492 g/mol. The zero-order valence-corrected chi connectivity index (χ0v) is 19.9. The van der Waals surface area contributed by atoms with Crippen LogP contribution < -0.4 is 11.0 Å². The summed E-state index contributed by atoms with van der Waals surface area (Å²) in [7, 11) is 1.26. The van der Waals surface area contributed by atoms with E-state index in [9.17, 15) is 24.6 Å². The van der Waals surface area contributed by atoms with Gasteiger partial charge in [0.05, 0.1) is 26.0 Å². The van der Waals surface area contributed by atoms with Crippen molar-refractivity contribution in [1.29, 1.82) is 0 Å². The fourth-order valence-electron chi connectivity index (χ4n) is 5.57. The standard InChI is InChI=1S/C27H28N2O7/c1-35-25(33)11-21(17-4-2-5-19(30)9-17)27-26(34)23(31)10-20(36-27)15-28-12-16-8-18(14-28)22-6-3-7-24(32)29(22)13-16/h2-7,9-10,16,18,21,30,34H,8,11-15H2,1H3/t16-,18+,21-/m1/s1. The number of carbonyl (C=O) groups is 1. The van der Waals surface area contributed by atoms with Crippen molar-refractivity contribution in [2.45, 2.75) is 37.8 Å². The van der Waals surface area contributed by atoms with E-state index in [2.05, 4.69) is 4.90 Å². The van der Waals surface area contributed by atoms with E-state index in [-0.39, 0.29) is 29.4 Å². The quantitative estimate of drug-likeness (QED) is 0.504. The Morgan fingerprint density at radius 3 is 2.69 bits per heavy atom. The highest BCUT2D eigenvalue weighted by molar-refractivity contribution is 5.71. The third kappa shape index (κ3) is 4.66. The molecule has 1 saturated heterocycles. The summed E-state index contributed by atoms with van der Waals surface area (Å²) >= 11 is 0. The molecular weight excluding hydrogens is 464 g/mol. The van der Waals surface area contributed by atoms with Crippen LogP contribution >= 0.6 is 0 Å². The Hall–Kier alpha value is -3.85. The maximum atomic E-state index is 12.7. The van der Waals surface area contributed by atoms with Gasteiger partial charge in [0.25, 0.3) is 5.56 Å². The van der Waals surface area contributed by atoms with Crippen LogP contribution in [0.15, 0.2) is 62.5 Å². The van der Waals surface area contributed by atoms with Crippen LogP contribution in [-0.2, 0) is 22.6 Å². The van der Waals surface area contributed by atoms with Gasteiger partial charge >= 0.3 is 5.97 Å². The molecule has 0 radical (unpaired) electrons. The number of piperidine rings is 1. The van der Waals surface area contributed by atoms with Crippen molar-refractivity contribution < 1.29 is 24.2 Å². The van der Waals surface area contributed by atoms with Gasteiger partial charge in [0.15, 0.2) is 5.76 Å². The number of hydrogen-bond acceptors (Lipinski definition) is 8. The van der Waals surface area contributed by atoms with Crippen molar-refractivity contribution in [1.82, 2.24) is 9.47 Å². The molecule has 5 rings (SSSR count). The average molecular weight is 493 g/mol. The highest BCUT2D eigenvalue weighted by Crippen LogP contribution is 2.37. The predicted molar refractivity (Wildman–Crippen MR) is 130 cm³/mol. The van der Waals surface area contributed by atoms with Crippen LogP contribution in [-0.4, -0.2) is 45.8 Å². The van der Waals surface area contributed by atoms with E-state index in [1.807, 2.05) is 10.6 Å². The van der Waals surface area contributed by atoms with Crippen LogP contribution in [0.1, 0.15) is 47.5 Å². The highest BCUT2D eigenvalue weighted by Gasteiger charge is 2.35. The van der Waals surface area contributed by atoms with Gasteiger partial charge in [0.2, 0.25) is 11.2 Å². The molecule has 2 bridgehead atoms. The first-order valence-corrected chi connectivity index (χ1v) is 12.0. The molecule has 0 saturated carbocycles. The molecule has 0 amide bonds. The largest absolute Gasteiger partial charge is 0.508 e. The first-order valence-electron chi connectivity index (χ1n) is 12.0. The minimum atomic E-state index is -0.823. The summed E-state index contributed by atoms with van der Waals surface area (Å²) in [6, 6.07) is 12.9. The number of phenolic OH excluding ortho intramolecular Hbond substituents is 1. The molecule has 9 heteroatoms. The minimum Gasteiger partial charge on any atom is -0.508 e. The number of aromatic hydroxyl groups is 2. The number of hydrogen-bond donors (Lipinski definition) is 2. The Morgan fingerprint density at radius 1 is 1.11 bits per heavy atom. The molecule has 188 valence electrons. The Labute approximate surface area is 207 Å². The second-order valence-electron chi connectivity index (χ2n) is 9.61. The van der Waals surface area contributed by atoms with Crippen LogP contribution in [0.25, 0.3) is 0 Å². The van der Waals surface area contributed by atoms with Crippen LogP contribution in [0, 0.1) is 5.92 Å². The molecule has 1 fully saturated rings. The van der Waals surface area contributed by atoms with Crippen molar-refractivity contribution in [3.8, 4) is 11.5 Å². The average Bonchev–Trinajstić information content (AvgIpc) is 2.85. The van der Waals surface area contributed by atoms with Gasteiger partial charge in [-0.05, 0) is 36.1 Å². The summed E-state index contributed by atoms with van der Waals surface area (Å²) in [5.41, 5.74) is 0.952. The number of aromatic nitrogens is 1. The van der Waals surface area contributed by atoms with Gasteiger partial charge in [0.1, 0.15) is 11.5 Å². The molecule has 0 unspecified atom stereocenters. The van der Waals surface area contributed by atoms with Crippen LogP contribution in [0.4, 0.5) is 0 Å². The van der Waals surface area contributed by atoms with E-state index < -0.39 is 23.1 Å². The van der Waals surface area contributed by atoms with Crippen molar-refractivity contribution in [3.63, 3.8) is 0 Å². The second kappa shape index (κ2) is 9.66. The van der Waals surface area contributed by atoms with E-state index >= 15 is 0 Å². The molecule has 0 aliphatic carbocycles. The van der Waals surface area contributed by atoms with Crippen molar-refractivity contribution in [2.75, 3.05) is 20.2 Å². The van der Waals surface area contributed by atoms with Crippen molar-refractivity contribution in [3.05, 3.63) is 91.9 Å². The van der Waals surface area contributed by atoms with Gasteiger partial charge in [-0.3, -0.25) is 19.3 Å². The molecular formula is C27H28N2O7. The van der Waals surface area contributed by atoms with Gasteiger partial charge in [-0.2, -0.15) is 0 Å². The molecule has 0 spiro atoms. The van der Waals surface area contributed by atoms with Crippen molar-refractivity contribution in [2.24, 2.45) is 5.92 Å². The molecule has 2 aromatic heterocycles. The van der Waals surface area contributed by atoms with Gasteiger partial charge in [-0.25, -0.2) is 0 Å². The zero-order valence-electron chi connectivity index (χ0n) is 19.9. The molecule has 3 aromatic rings. The smallest absolute Gasteiger partial charge is 0.306 e. The molecule has 2 aliphatic heterocycles. The normalized spacial score (nSPS) is 19.9. The van der Waals surface area contributed by atoms with E-state index in [1.54, 1.807) is 24.3 Å². The fraction of sp³-hybridized carbons (Fsp3) is 0.370. The lowest BCUT2D eigenvalue weighted by atomic mass is 9.83. The number of fused-ring (bicyclic) bond motifs is 4. The summed E-state index contributed by atoms with van der Waals surface area (Å²) in [4.78, 5) is 39.4. The lowest BCUT2D eigenvalue weighted by Crippen LogP contribution is -2.46. The lowest BCUT2D eigenvalue weighted by Gasteiger charge is -2.42.